The van der Waals surface area contributed by atoms with E-state index in [2.05, 4.69) is 10.1 Å². The van der Waals surface area contributed by atoms with E-state index < -0.39 is 0 Å². The summed E-state index contributed by atoms with van der Waals surface area (Å²) in [5, 5.41) is 13.1. The first kappa shape index (κ1) is 15.9. The quantitative estimate of drug-likeness (QED) is 0.865. The Hall–Kier alpha value is -1.43. The van der Waals surface area contributed by atoms with Crippen molar-refractivity contribution < 1.29 is 14.4 Å². The van der Waals surface area contributed by atoms with Gasteiger partial charge >= 0.3 is 0 Å². The molecule has 1 unspecified atom stereocenters. The van der Waals surface area contributed by atoms with E-state index in [1.165, 1.54) is 0 Å². The lowest BCUT2D eigenvalue weighted by atomic mass is 9.98. The van der Waals surface area contributed by atoms with Crippen LogP contribution in [0.25, 0.3) is 0 Å². The number of aromatic nitrogens is 2. The van der Waals surface area contributed by atoms with Gasteiger partial charge in [-0.15, -0.1) is 0 Å². The van der Waals surface area contributed by atoms with Crippen LogP contribution in [-0.2, 0) is 11.2 Å². The predicted molar refractivity (Wildman–Crippen MR) is 77.7 cm³/mol. The molecule has 21 heavy (non-hydrogen) atoms. The Morgan fingerprint density at radius 2 is 2.33 bits per heavy atom. The molecule has 2 heterocycles. The third-order valence-corrected chi connectivity index (χ3v) is 3.91. The van der Waals surface area contributed by atoms with Gasteiger partial charge in [-0.1, -0.05) is 19.0 Å². The molecule has 1 N–H and O–H groups in total. The Kier molecular flexibility index (Phi) is 5.73. The standard InChI is InChI=1S/C15H25N3O3/c1-11(2)15-16-13(21-17-15)6-3-7-14(20)18-8-4-5-12(9-18)10-19/h11-12,19H,3-10H2,1-2H3. The molecule has 6 heteroatoms. The number of rotatable bonds is 6. The summed E-state index contributed by atoms with van der Waals surface area (Å²) in [5.41, 5.74) is 0. The molecular formula is C15H25N3O3. The molecule has 1 amide bonds. The van der Waals surface area contributed by atoms with Crippen LogP contribution in [0.4, 0.5) is 0 Å². The van der Waals surface area contributed by atoms with E-state index in [0.717, 1.165) is 31.6 Å². The highest BCUT2D eigenvalue weighted by Gasteiger charge is 2.22. The van der Waals surface area contributed by atoms with Gasteiger partial charge in [0.25, 0.3) is 0 Å². The smallest absolute Gasteiger partial charge is 0.226 e. The van der Waals surface area contributed by atoms with Crippen LogP contribution >= 0.6 is 0 Å². The second-order valence-electron chi connectivity index (χ2n) is 6.09. The third-order valence-electron chi connectivity index (χ3n) is 3.91. The van der Waals surface area contributed by atoms with E-state index in [1.54, 1.807) is 0 Å². The predicted octanol–water partition coefficient (Wildman–Crippen LogP) is 1.75. The molecule has 1 aromatic rings. The highest BCUT2D eigenvalue weighted by molar-refractivity contribution is 5.76. The van der Waals surface area contributed by atoms with Crippen LogP contribution in [0.2, 0.25) is 0 Å². The normalized spacial score (nSPS) is 19.2. The Bertz CT molecular complexity index is 459. The summed E-state index contributed by atoms with van der Waals surface area (Å²) in [6.07, 6.45) is 3.86. The molecule has 2 rings (SSSR count). The van der Waals surface area contributed by atoms with Crippen molar-refractivity contribution in [3.63, 3.8) is 0 Å². The van der Waals surface area contributed by atoms with Crippen LogP contribution in [0, 0.1) is 5.92 Å². The summed E-state index contributed by atoms with van der Waals surface area (Å²) in [6, 6.07) is 0. The summed E-state index contributed by atoms with van der Waals surface area (Å²) in [5.74, 6) is 1.99. The maximum absolute atomic E-state index is 12.1. The molecular weight excluding hydrogens is 270 g/mol. The fourth-order valence-electron chi connectivity index (χ4n) is 2.59. The number of likely N-dealkylation sites (tertiary alicyclic amines) is 1. The zero-order chi connectivity index (χ0) is 15.2. The lowest BCUT2D eigenvalue weighted by molar-refractivity contribution is -0.133. The number of aliphatic hydroxyl groups is 1. The van der Waals surface area contributed by atoms with Gasteiger partial charge in [-0.2, -0.15) is 4.98 Å². The summed E-state index contributed by atoms with van der Waals surface area (Å²) >= 11 is 0. The molecule has 1 aromatic heterocycles. The molecule has 1 atom stereocenters. The average Bonchev–Trinajstić information content (AvgIpc) is 2.96. The lowest BCUT2D eigenvalue weighted by Crippen LogP contribution is -2.40. The van der Waals surface area contributed by atoms with Crippen molar-refractivity contribution in [2.75, 3.05) is 19.7 Å². The van der Waals surface area contributed by atoms with Crippen LogP contribution in [-0.4, -0.2) is 45.8 Å². The van der Waals surface area contributed by atoms with E-state index in [9.17, 15) is 9.90 Å². The molecule has 1 saturated heterocycles. The van der Waals surface area contributed by atoms with Crippen molar-refractivity contribution in [2.24, 2.45) is 5.92 Å². The van der Waals surface area contributed by atoms with Gasteiger partial charge in [0.1, 0.15) is 0 Å². The van der Waals surface area contributed by atoms with Crippen LogP contribution in [0.1, 0.15) is 57.2 Å². The van der Waals surface area contributed by atoms with Crippen LogP contribution in [0.5, 0.6) is 0 Å². The number of amides is 1. The number of aryl methyl sites for hydroxylation is 1. The Morgan fingerprint density at radius 3 is 3.00 bits per heavy atom. The number of nitrogens with zero attached hydrogens (tertiary/aromatic N) is 3. The third kappa shape index (κ3) is 4.52. The zero-order valence-corrected chi connectivity index (χ0v) is 12.9. The maximum atomic E-state index is 12.1. The number of hydrogen-bond acceptors (Lipinski definition) is 5. The summed E-state index contributed by atoms with van der Waals surface area (Å²) in [7, 11) is 0. The molecule has 1 fully saturated rings. The van der Waals surface area contributed by atoms with Crippen LogP contribution in [0.15, 0.2) is 4.52 Å². The Balaban J connectivity index is 1.73. The van der Waals surface area contributed by atoms with E-state index in [1.807, 2.05) is 18.7 Å². The minimum atomic E-state index is 0.164. The van der Waals surface area contributed by atoms with Gasteiger partial charge in [0.05, 0.1) is 0 Å². The van der Waals surface area contributed by atoms with Crippen molar-refractivity contribution in [1.82, 2.24) is 15.0 Å². The van der Waals surface area contributed by atoms with Gasteiger partial charge in [0.15, 0.2) is 5.82 Å². The summed E-state index contributed by atoms with van der Waals surface area (Å²) in [6.45, 7) is 5.71. The zero-order valence-electron chi connectivity index (χ0n) is 12.9. The number of carbonyl (C=O) groups is 1. The first-order valence-electron chi connectivity index (χ1n) is 7.81. The monoisotopic (exact) mass is 295 g/mol. The van der Waals surface area contributed by atoms with Gasteiger partial charge in [-0.25, -0.2) is 0 Å². The van der Waals surface area contributed by atoms with Crippen molar-refractivity contribution in [3.05, 3.63) is 11.7 Å². The lowest BCUT2D eigenvalue weighted by Gasteiger charge is -2.31. The van der Waals surface area contributed by atoms with Crippen molar-refractivity contribution >= 4 is 5.91 Å². The minimum absolute atomic E-state index is 0.164. The number of carbonyl (C=O) groups excluding carboxylic acids is 1. The summed E-state index contributed by atoms with van der Waals surface area (Å²) in [4.78, 5) is 18.3. The molecule has 1 aliphatic heterocycles. The van der Waals surface area contributed by atoms with Crippen molar-refractivity contribution in [2.45, 2.75) is 51.9 Å². The Morgan fingerprint density at radius 1 is 1.52 bits per heavy atom. The molecule has 0 spiro atoms. The number of hydrogen-bond donors (Lipinski definition) is 1. The fourth-order valence-corrected chi connectivity index (χ4v) is 2.59. The second kappa shape index (κ2) is 7.54. The molecule has 0 aliphatic carbocycles. The van der Waals surface area contributed by atoms with E-state index in [0.29, 0.717) is 25.3 Å². The van der Waals surface area contributed by atoms with Gasteiger partial charge < -0.3 is 14.5 Å². The van der Waals surface area contributed by atoms with E-state index in [4.69, 9.17) is 4.52 Å². The number of piperidine rings is 1. The molecule has 0 bridgehead atoms. The first-order valence-corrected chi connectivity index (χ1v) is 7.81. The van der Waals surface area contributed by atoms with Crippen molar-refractivity contribution in [3.8, 4) is 0 Å². The van der Waals surface area contributed by atoms with E-state index in [-0.39, 0.29) is 24.3 Å². The van der Waals surface area contributed by atoms with Crippen LogP contribution in [0.3, 0.4) is 0 Å². The average molecular weight is 295 g/mol. The first-order chi connectivity index (χ1) is 10.1. The Labute approximate surface area is 125 Å². The van der Waals surface area contributed by atoms with Gasteiger partial charge in [-0.05, 0) is 25.2 Å². The molecule has 0 saturated carbocycles. The SMILES string of the molecule is CC(C)c1noc(CCCC(=O)N2CCCC(CO)C2)n1. The highest BCUT2D eigenvalue weighted by Crippen LogP contribution is 2.17. The summed E-state index contributed by atoms with van der Waals surface area (Å²) < 4.78 is 5.17. The fraction of sp³-hybridized carbons (Fsp3) is 0.800. The highest BCUT2D eigenvalue weighted by atomic mass is 16.5. The van der Waals surface area contributed by atoms with E-state index >= 15 is 0 Å². The molecule has 118 valence electrons. The molecule has 0 aromatic carbocycles. The maximum Gasteiger partial charge on any atom is 0.226 e. The molecule has 1 aliphatic rings. The topological polar surface area (TPSA) is 79.5 Å². The molecule has 0 radical (unpaired) electrons. The van der Waals surface area contributed by atoms with Crippen molar-refractivity contribution in [1.29, 1.82) is 0 Å². The minimum Gasteiger partial charge on any atom is -0.396 e. The van der Waals surface area contributed by atoms with Gasteiger partial charge in [0.2, 0.25) is 11.8 Å². The van der Waals surface area contributed by atoms with Crippen LogP contribution < -0.4 is 0 Å². The van der Waals surface area contributed by atoms with Gasteiger partial charge in [0, 0.05) is 38.5 Å². The second-order valence-corrected chi connectivity index (χ2v) is 6.09. The van der Waals surface area contributed by atoms with Gasteiger partial charge in [-0.3, -0.25) is 4.79 Å². The molecule has 6 nitrogen and oxygen atoms in total. The number of aliphatic hydroxyl groups excluding tert-OH is 1. The largest absolute Gasteiger partial charge is 0.396 e.